The quantitative estimate of drug-likeness (QED) is 0.565. The number of hydrogen-bond acceptors (Lipinski definition) is 8. The predicted molar refractivity (Wildman–Crippen MR) is 99.5 cm³/mol. The van der Waals surface area contributed by atoms with E-state index in [0.717, 1.165) is 37.6 Å². The minimum Gasteiger partial charge on any atom is -0.384 e. The monoisotopic (exact) mass is 386 g/mol. The van der Waals surface area contributed by atoms with Gasteiger partial charge in [-0.3, -0.25) is 9.58 Å². The van der Waals surface area contributed by atoms with Crippen LogP contribution in [-0.2, 0) is 31.3 Å². The van der Waals surface area contributed by atoms with E-state index in [-0.39, 0.29) is 0 Å². The second kappa shape index (κ2) is 8.61. The van der Waals surface area contributed by atoms with Gasteiger partial charge in [-0.2, -0.15) is 10.1 Å². The highest BCUT2D eigenvalue weighted by Crippen LogP contribution is 2.27. The number of piperidine rings is 1. The maximum Gasteiger partial charge on any atom is 0.240 e. The van der Waals surface area contributed by atoms with Crippen LogP contribution >= 0.6 is 0 Å². The minimum atomic E-state index is 0.417. The van der Waals surface area contributed by atoms with Gasteiger partial charge >= 0.3 is 0 Å². The van der Waals surface area contributed by atoms with Crippen LogP contribution in [0.25, 0.3) is 0 Å². The first kappa shape index (κ1) is 18.8. The van der Waals surface area contributed by atoms with Crippen molar-refractivity contribution in [1.29, 1.82) is 0 Å². The van der Waals surface area contributed by atoms with E-state index in [4.69, 9.17) is 9.26 Å². The van der Waals surface area contributed by atoms with E-state index in [1.54, 1.807) is 13.3 Å². The summed E-state index contributed by atoms with van der Waals surface area (Å²) in [6.45, 7) is 3.88. The Morgan fingerprint density at radius 2 is 2.07 bits per heavy atom. The molecule has 28 heavy (non-hydrogen) atoms. The lowest BCUT2D eigenvalue weighted by atomic mass is 9.96. The van der Waals surface area contributed by atoms with Gasteiger partial charge in [-0.05, 0) is 32.0 Å². The second-order valence-corrected chi connectivity index (χ2v) is 7.13. The van der Waals surface area contributed by atoms with E-state index in [1.165, 1.54) is 0 Å². The molecule has 1 saturated heterocycles. The largest absolute Gasteiger partial charge is 0.384 e. The first-order valence-electron chi connectivity index (χ1n) is 9.61. The molecular weight excluding hydrogens is 360 g/mol. The Balaban J connectivity index is 1.30. The van der Waals surface area contributed by atoms with Crippen molar-refractivity contribution in [3.63, 3.8) is 0 Å². The Morgan fingerprint density at radius 1 is 1.21 bits per heavy atom. The maximum atomic E-state index is 5.36. The van der Waals surface area contributed by atoms with Crippen molar-refractivity contribution in [2.45, 2.75) is 38.3 Å². The van der Waals surface area contributed by atoms with E-state index in [2.05, 4.69) is 34.9 Å². The Kier molecular flexibility index (Phi) is 5.77. The summed E-state index contributed by atoms with van der Waals surface area (Å²) in [6, 6.07) is 1.91. The van der Waals surface area contributed by atoms with Gasteiger partial charge < -0.3 is 13.8 Å². The molecule has 0 saturated carbocycles. The third-order valence-corrected chi connectivity index (χ3v) is 5.21. The Morgan fingerprint density at radius 3 is 2.82 bits per heavy atom. The number of methoxy groups -OCH3 is 1. The van der Waals surface area contributed by atoms with Gasteiger partial charge in [-0.15, -0.1) is 10.2 Å². The van der Waals surface area contributed by atoms with Crippen molar-refractivity contribution in [2.75, 3.05) is 26.8 Å². The van der Waals surface area contributed by atoms with Crippen LogP contribution in [0.1, 0.15) is 42.1 Å². The summed E-state index contributed by atoms with van der Waals surface area (Å²) in [6.07, 6.45) is 6.47. The zero-order valence-electron chi connectivity index (χ0n) is 16.4. The molecule has 4 rings (SSSR count). The topological polar surface area (TPSA) is 99.9 Å². The summed E-state index contributed by atoms with van der Waals surface area (Å²) >= 11 is 0. The highest BCUT2D eigenvalue weighted by molar-refractivity contribution is 5.04. The second-order valence-electron chi connectivity index (χ2n) is 7.13. The van der Waals surface area contributed by atoms with Crippen LogP contribution in [0.5, 0.6) is 0 Å². The highest BCUT2D eigenvalue weighted by Gasteiger charge is 2.26. The van der Waals surface area contributed by atoms with Crippen LogP contribution < -0.4 is 0 Å². The van der Waals surface area contributed by atoms with Gasteiger partial charge in [0.15, 0.2) is 11.6 Å². The van der Waals surface area contributed by atoms with E-state index in [1.807, 2.05) is 24.0 Å². The zero-order valence-corrected chi connectivity index (χ0v) is 16.4. The van der Waals surface area contributed by atoms with Gasteiger partial charge in [0.2, 0.25) is 5.89 Å². The van der Waals surface area contributed by atoms with Crippen LogP contribution in [-0.4, -0.2) is 66.4 Å². The standard InChI is InChI=1S/C18H26N8O2/c1-24-16(12-26-8-3-7-19-26)21-22-18(24)14-4-9-25(10-5-14)13-17-20-15(23-28-17)6-11-27-2/h3,7-8,14H,4-6,9-13H2,1-2H3. The number of rotatable bonds is 8. The summed E-state index contributed by atoms with van der Waals surface area (Å²) in [4.78, 5) is 6.79. The first-order valence-corrected chi connectivity index (χ1v) is 9.61. The molecule has 4 heterocycles. The fourth-order valence-corrected chi connectivity index (χ4v) is 3.60. The molecule has 0 bridgehead atoms. The van der Waals surface area contributed by atoms with Crippen molar-refractivity contribution < 1.29 is 9.26 Å². The number of nitrogens with zero attached hydrogens (tertiary/aromatic N) is 8. The summed E-state index contributed by atoms with van der Waals surface area (Å²) in [5.74, 6) is 3.78. The molecule has 0 spiro atoms. The highest BCUT2D eigenvalue weighted by atomic mass is 16.5. The Labute approximate surface area is 163 Å². The molecule has 1 aliphatic heterocycles. The average molecular weight is 386 g/mol. The van der Waals surface area contributed by atoms with E-state index < -0.39 is 0 Å². The fourth-order valence-electron chi connectivity index (χ4n) is 3.60. The number of likely N-dealkylation sites (tertiary alicyclic amines) is 1. The smallest absolute Gasteiger partial charge is 0.240 e. The third kappa shape index (κ3) is 4.28. The number of ether oxygens (including phenoxy) is 1. The lowest BCUT2D eigenvalue weighted by Gasteiger charge is -2.30. The molecule has 3 aromatic rings. The number of hydrogen-bond donors (Lipinski definition) is 0. The molecule has 1 aliphatic rings. The molecule has 0 atom stereocenters. The molecule has 150 valence electrons. The number of aromatic nitrogens is 7. The van der Waals surface area contributed by atoms with E-state index in [0.29, 0.717) is 43.8 Å². The molecule has 1 fully saturated rings. The lowest BCUT2D eigenvalue weighted by molar-refractivity contribution is 0.177. The van der Waals surface area contributed by atoms with Crippen LogP contribution in [0.15, 0.2) is 23.0 Å². The maximum absolute atomic E-state index is 5.36. The van der Waals surface area contributed by atoms with Crippen LogP contribution in [0, 0.1) is 0 Å². The third-order valence-electron chi connectivity index (χ3n) is 5.21. The molecule has 0 amide bonds. The van der Waals surface area contributed by atoms with Crippen LogP contribution in [0.4, 0.5) is 0 Å². The molecule has 0 aliphatic carbocycles. The van der Waals surface area contributed by atoms with Gasteiger partial charge in [0.05, 0.1) is 13.2 Å². The van der Waals surface area contributed by atoms with Crippen LogP contribution in [0.3, 0.4) is 0 Å². The van der Waals surface area contributed by atoms with Gasteiger partial charge in [0, 0.05) is 38.9 Å². The predicted octanol–water partition coefficient (Wildman–Crippen LogP) is 1.01. The van der Waals surface area contributed by atoms with Gasteiger partial charge in [0.25, 0.3) is 0 Å². The molecule has 10 nitrogen and oxygen atoms in total. The van der Waals surface area contributed by atoms with Crippen LogP contribution in [0.2, 0.25) is 0 Å². The van der Waals surface area contributed by atoms with Crippen molar-refractivity contribution in [2.24, 2.45) is 7.05 Å². The summed E-state index contributed by atoms with van der Waals surface area (Å²) < 4.78 is 14.4. The zero-order chi connectivity index (χ0) is 19.3. The normalized spacial score (nSPS) is 16.1. The Hall–Kier alpha value is -2.59. The summed E-state index contributed by atoms with van der Waals surface area (Å²) in [5, 5.41) is 17.1. The van der Waals surface area contributed by atoms with Gasteiger partial charge in [0.1, 0.15) is 12.4 Å². The van der Waals surface area contributed by atoms with E-state index in [9.17, 15) is 0 Å². The van der Waals surface area contributed by atoms with Crippen molar-refractivity contribution >= 4 is 0 Å². The first-order chi connectivity index (χ1) is 13.7. The SMILES string of the molecule is COCCc1noc(CN2CCC(c3nnc(Cn4cccn4)n3C)CC2)n1. The van der Waals surface area contributed by atoms with E-state index >= 15 is 0 Å². The summed E-state index contributed by atoms with van der Waals surface area (Å²) in [7, 11) is 3.71. The molecule has 0 radical (unpaired) electrons. The van der Waals surface area contributed by atoms with Gasteiger partial charge in [-0.25, -0.2) is 0 Å². The van der Waals surface area contributed by atoms with Crippen molar-refractivity contribution in [3.05, 3.63) is 41.8 Å². The minimum absolute atomic E-state index is 0.417. The van der Waals surface area contributed by atoms with Crippen molar-refractivity contribution in [3.8, 4) is 0 Å². The van der Waals surface area contributed by atoms with Crippen molar-refractivity contribution in [1.82, 2.24) is 39.6 Å². The Bertz CT molecular complexity index is 864. The molecular formula is C18H26N8O2. The lowest BCUT2D eigenvalue weighted by Crippen LogP contribution is -2.33. The molecule has 0 unspecified atom stereocenters. The molecule has 3 aromatic heterocycles. The molecule has 0 aromatic carbocycles. The average Bonchev–Trinajstić information content (AvgIpc) is 3.45. The summed E-state index contributed by atoms with van der Waals surface area (Å²) in [5.41, 5.74) is 0. The molecule has 10 heteroatoms. The fraction of sp³-hybridized carbons (Fsp3) is 0.611. The van der Waals surface area contributed by atoms with Gasteiger partial charge in [-0.1, -0.05) is 5.16 Å². The molecule has 0 N–H and O–H groups in total.